The molecule has 0 aliphatic carbocycles. The number of rotatable bonds is 5. The number of aliphatic hydroxyl groups is 1. The minimum Gasteiger partial charge on any atom is -0.392 e. The van der Waals surface area contributed by atoms with Crippen LogP contribution in [0, 0.1) is 0 Å². The lowest BCUT2D eigenvalue weighted by atomic mass is 10.0. The molecule has 4 N–H and O–H groups in total. The van der Waals surface area contributed by atoms with Gasteiger partial charge < -0.3 is 15.7 Å². The Kier molecular flexibility index (Phi) is 4.58. The summed E-state index contributed by atoms with van der Waals surface area (Å²) in [5.41, 5.74) is 3.01. The molecule has 0 aromatic heterocycles. The van der Waals surface area contributed by atoms with Crippen molar-refractivity contribution in [2.24, 2.45) is 0 Å². The second-order valence-corrected chi connectivity index (χ2v) is 7.27. The van der Waals surface area contributed by atoms with Crippen LogP contribution in [0.5, 0.6) is 0 Å². The molecule has 0 radical (unpaired) electrons. The van der Waals surface area contributed by atoms with Gasteiger partial charge >= 0.3 is 0 Å². The Morgan fingerprint density at radius 3 is 2.52 bits per heavy atom. The van der Waals surface area contributed by atoms with Crippen molar-refractivity contribution in [3.63, 3.8) is 0 Å². The van der Waals surface area contributed by atoms with Gasteiger partial charge in [-0.2, -0.15) is 0 Å². The number of fused-ring (bicyclic) bond motifs is 1. The zero-order valence-electron chi connectivity index (χ0n) is 13.4. The molecule has 0 fully saturated rings. The predicted molar refractivity (Wildman–Crippen MR) is 95.3 cm³/mol. The zero-order valence-corrected chi connectivity index (χ0v) is 14.2. The number of hydrogen-bond acceptors (Lipinski definition) is 5. The Hall–Kier alpha value is -2.68. The van der Waals surface area contributed by atoms with Crippen LogP contribution in [-0.2, 0) is 21.4 Å². The fourth-order valence-corrected chi connectivity index (χ4v) is 3.33. The van der Waals surface area contributed by atoms with Gasteiger partial charge in [-0.1, -0.05) is 12.1 Å². The van der Waals surface area contributed by atoms with E-state index in [9.17, 15) is 18.3 Å². The summed E-state index contributed by atoms with van der Waals surface area (Å²) in [6.07, 6.45) is 1.54. The Labute approximate surface area is 145 Å². The summed E-state index contributed by atoms with van der Waals surface area (Å²) in [5.74, 6) is -0.266. The number of hydrogen-bond donors (Lipinski definition) is 4. The highest BCUT2D eigenvalue weighted by Gasteiger charge is 2.26. The topological polar surface area (TPSA) is 108 Å². The number of aliphatic hydroxyl groups excluding tert-OH is 1. The molecule has 25 heavy (non-hydrogen) atoms. The summed E-state index contributed by atoms with van der Waals surface area (Å²) in [4.78, 5) is 12.3. The number of nitrogens with one attached hydrogen (secondary N) is 3. The molecule has 0 unspecified atom stereocenters. The number of carbonyl (C=O) groups excluding carboxylic acids is 1. The van der Waals surface area contributed by atoms with Gasteiger partial charge in [0.05, 0.1) is 17.1 Å². The van der Waals surface area contributed by atoms with Crippen molar-refractivity contribution in [2.45, 2.75) is 11.5 Å². The molecule has 0 saturated carbocycles. The van der Waals surface area contributed by atoms with Gasteiger partial charge in [-0.25, -0.2) is 13.1 Å². The van der Waals surface area contributed by atoms with Crippen molar-refractivity contribution in [3.8, 4) is 0 Å². The van der Waals surface area contributed by atoms with Crippen LogP contribution in [0.15, 0.2) is 53.6 Å². The third kappa shape index (κ3) is 3.27. The first-order chi connectivity index (χ1) is 12.0. The van der Waals surface area contributed by atoms with Gasteiger partial charge in [-0.05, 0) is 42.9 Å². The van der Waals surface area contributed by atoms with Crippen LogP contribution in [0.2, 0.25) is 0 Å². The standard InChI is InChI=1S/C17H17N3O4S/c1-18-25(23,24)13-7-5-12(6-8-13)19-9-14-16-11(10-21)3-2-4-15(16)20-17(14)22/h2-9,18-19,21H,10H2,1H3,(H,20,22)/b14-9-. The molecule has 0 bridgehead atoms. The third-order valence-corrected chi connectivity index (χ3v) is 5.33. The van der Waals surface area contributed by atoms with Crippen LogP contribution in [0.1, 0.15) is 11.1 Å². The minimum absolute atomic E-state index is 0.153. The summed E-state index contributed by atoms with van der Waals surface area (Å²) >= 11 is 0. The molecular formula is C17H17N3O4S. The van der Waals surface area contributed by atoms with Crippen LogP contribution < -0.4 is 15.4 Å². The molecule has 1 amide bonds. The van der Waals surface area contributed by atoms with E-state index in [0.29, 0.717) is 28.1 Å². The molecule has 1 aliphatic heterocycles. The van der Waals surface area contributed by atoms with E-state index in [-0.39, 0.29) is 17.4 Å². The fraction of sp³-hybridized carbons (Fsp3) is 0.118. The summed E-state index contributed by atoms with van der Waals surface area (Å²) in [5, 5.41) is 15.2. The highest BCUT2D eigenvalue weighted by atomic mass is 32.2. The highest BCUT2D eigenvalue weighted by molar-refractivity contribution is 7.89. The van der Waals surface area contributed by atoms with E-state index in [1.807, 2.05) is 0 Å². The fourth-order valence-electron chi connectivity index (χ4n) is 2.60. The Balaban J connectivity index is 1.88. The van der Waals surface area contributed by atoms with Gasteiger partial charge in [0.1, 0.15) is 0 Å². The maximum atomic E-state index is 12.2. The largest absolute Gasteiger partial charge is 0.392 e. The SMILES string of the molecule is CNS(=O)(=O)c1ccc(N/C=C2\C(=O)Nc3cccc(CO)c32)cc1. The van der Waals surface area contributed by atoms with Gasteiger partial charge in [0.15, 0.2) is 0 Å². The van der Waals surface area contributed by atoms with Gasteiger partial charge in [0.25, 0.3) is 5.91 Å². The second kappa shape index (κ2) is 6.67. The molecule has 8 heteroatoms. The van der Waals surface area contributed by atoms with E-state index in [4.69, 9.17) is 0 Å². The molecule has 2 aromatic carbocycles. The summed E-state index contributed by atoms with van der Waals surface area (Å²) in [6.45, 7) is -0.175. The van der Waals surface area contributed by atoms with Gasteiger partial charge in [-0.15, -0.1) is 0 Å². The second-order valence-electron chi connectivity index (χ2n) is 5.39. The van der Waals surface area contributed by atoms with Crippen LogP contribution in [0.3, 0.4) is 0 Å². The quantitative estimate of drug-likeness (QED) is 0.605. The normalized spacial score (nSPS) is 15.1. The molecule has 1 aliphatic rings. The van der Waals surface area contributed by atoms with E-state index in [0.717, 1.165) is 0 Å². The maximum absolute atomic E-state index is 12.2. The Morgan fingerprint density at radius 1 is 1.16 bits per heavy atom. The lowest BCUT2D eigenvalue weighted by Crippen LogP contribution is -2.18. The van der Waals surface area contributed by atoms with Crippen LogP contribution in [0.25, 0.3) is 5.57 Å². The Morgan fingerprint density at radius 2 is 1.88 bits per heavy atom. The molecule has 0 atom stereocenters. The van der Waals surface area contributed by atoms with Gasteiger partial charge in [0.2, 0.25) is 10.0 Å². The lowest BCUT2D eigenvalue weighted by Gasteiger charge is -2.07. The average molecular weight is 359 g/mol. The first kappa shape index (κ1) is 17.2. The van der Waals surface area contributed by atoms with Crippen LogP contribution in [-0.4, -0.2) is 26.5 Å². The first-order valence-electron chi connectivity index (χ1n) is 7.51. The van der Waals surface area contributed by atoms with Gasteiger partial charge in [0, 0.05) is 23.1 Å². The number of benzene rings is 2. The Bertz CT molecular complexity index is 950. The van der Waals surface area contributed by atoms with E-state index >= 15 is 0 Å². The van der Waals surface area contributed by atoms with Crippen LogP contribution >= 0.6 is 0 Å². The van der Waals surface area contributed by atoms with Crippen molar-refractivity contribution in [1.82, 2.24) is 4.72 Å². The maximum Gasteiger partial charge on any atom is 0.257 e. The minimum atomic E-state index is -3.49. The van der Waals surface area contributed by atoms with Crippen molar-refractivity contribution in [1.29, 1.82) is 0 Å². The highest BCUT2D eigenvalue weighted by Crippen LogP contribution is 2.34. The number of amides is 1. The smallest absolute Gasteiger partial charge is 0.257 e. The number of carbonyl (C=O) groups is 1. The van der Waals surface area contributed by atoms with Crippen molar-refractivity contribution >= 4 is 32.9 Å². The van der Waals surface area contributed by atoms with Crippen molar-refractivity contribution in [3.05, 3.63) is 59.8 Å². The molecule has 3 rings (SSSR count). The first-order valence-corrected chi connectivity index (χ1v) is 8.99. The predicted octanol–water partition coefficient (Wildman–Crippen LogP) is 1.49. The molecule has 2 aromatic rings. The molecule has 1 heterocycles. The molecule has 0 saturated heterocycles. The van der Waals surface area contributed by atoms with E-state index in [1.165, 1.54) is 19.2 Å². The molecule has 7 nitrogen and oxygen atoms in total. The molecular weight excluding hydrogens is 342 g/mol. The molecule has 130 valence electrons. The number of anilines is 2. The third-order valence-electron chi connectivity index (χ3n) is 3.90. The van der Waals surface area contributed by atoms with E-state index < -0.39 is 10.0 Å². The van der Waals surface area contributed by atoms with E-state index in [2.05, 4.69) is 15.4 Å². The van der Waals surface area contributed by atoms with Gasteiger partial charge in [-0.3, -0.25) is 4.79 Å². The molecule has 0 spiro atoms. The zero-order chi connectivity index (χ0) is 18.0. The summed E-state index contributed by atoms with van der Waals surface area (Å²) in [6, 6.07) is 11.4. The lowest BCUT2D eigenvalue weighted by molar-refractivity contribution is -0.110. The van der Waals surface area contributed by atoms with Crippen LogP contribution in [0.4, 0.5) is 11.4 Å². The summed E-state index contributed by atoms with van der Waals surface area (Å²) in [7, 11) is -2.14. The average Bonchev–Trinajstić information content (AvgIpc) is 2.95. The van der Waals surface area contributed by atoms with E-state index in [1.54, 1.807) is 36.5 Å². The van der Waals surface area contributed by atoms with Crippen molar-refractivity contribution < 1.29 is 18.3 Å². The number of sulfonamides is 1. The van der Waals surface area contributed by atoms with Crippen molar-refractivity contribution in [2.75, 3.05) is 17.7 Å². The monoisotopic (exact) mass is 359 g/mol. The summed E-state index contributed by atoms with van der Waals surface area (Å²) < 4.78 is 25.7.